The van der Waals surface area contributed by atoms with Crippen LogP contribution in [-0.2, 0) is 9.47 Å². The number of hydrogen-bond donors (Lipinski definition) is 1. The van der Waals surface area contributed by atoms with Gasteiger partial charge in [-0.25, -0.2) is 0 Å². The first kappa shape index (κ1) is 12.9. The SMILES string of the molecule is CCCNCC1(COCC)CCOC1C. The van der Waals surface area contributed by atoms with Crippen LogP contribution in [0.3, 0.4) is 0 Å². The summed E-state index contributed by atoms with van der Waals surface area (Å²) in [5, 5.41) is 3.50. The molecule has 0 radical (unpaired) electrons. The Hall–Kier alpha value is -0.120. The van der Waals surface area contributed by atoms with Gasteiger partial charge in [-0.05, 0) is 33.2 Å². The molecule has 0 aromatic heterocycles. The van der Waals surface area contributed by atoms with Crippen molar-refractivity contribution >= 4 is 0 Å². The average Bonchev–Trinajstić information content (AvgIpc) is 2.59. The zero-order valence-corrected chi connectivity index (χ0v) is 10.3. The molecule has 90 valence electrons. The van der Waals surface area contributed by atoms with Gasteiger partial charge >= 0.3 is 0 Å². The Bertz CT molecular complexity index is 175. The van der Waals surface area contributed by atoms with Gasteiger partial charge in [0.05, 0.1) is 12.7 Å². The summed E-state index contributed by atoms with van der Waals surface area (Å²) in [5.41, 5.74) is 0.200. The van der Waals surface area contributed by atoms with Gasteiger partial charge in [-0.15, -0.1) is 0 Å². The summed E-state index contributed by atoms with van der Waals surface area (Å²) in [4.78, 5) is 0. The smallest absolute Gasteiger partial charge is 0.0638 e. The van der Waals surface area contributed by atoms with Crippen LogP contribution < -0.4 is 5.32 Å². The third-order valence-corrected chi connectivity index (χ3v) is 3.33. The van der Waals surface area contributed by atoms with E-state index in [1.165, 1.54) is 6.42 Å². The van der Waals surface area contributed by atoms with E-state index in [1.807, 2.05) is 6.92 Å². The van der Waals surface area contributed by atoms with Crippen LogP contribution in [0.4, 0.5) is 0 Å². The highest BCUT2D eigenvalue weighted by molar-refractivity contribution is 4.91. The second-order valence-electron chi connectivity index (χ2n) is 4.44. The lowest BCUT2D eigenvalue weighted by Gasteiger charge is -2.32. The van der Waals surface area contributed by atoms with Gasteiger partial charge in [0.2, 0.25) is 0 Å². The van der Waals surface area contributed by atoms with Gasteiger partial charge in [0, 0.05) is 25.2 Å². The molecule has 0 amide bonds. The van der Waals surface area contributed by atoms with Gasteiger partial charge in [-0.1, -0.05) is 6.92 Å². The minimum absolute atomic E-state index is 0.200. The molecule has 15 heavy (non-hydrogen) atoms. The molecule has 0 saturated carbocycles. The highest BCUT2D eigenvalue weighted by Gasteiger charge is 2.41. The number of hydrogen-bond acceptors (Lipinski definition) is 3. The minimum atomic E-state index is 0.200. The quantitative estimate of drug-likeness (QED) is 0.657. The highest BCUT2D eigenvalue weighted by Crippen LogP contribution is 2.34. The molecular formula is C12H25NO2. The first-order valence-corrected chi connectivity index (χ1v) is 6.15. The van der Waals surface area contributed by atoms with Crippen LogP contribution in [-0.4, -0.2) is 39.0 Å². The number of nitrogens with one attached hydrogen (secondary N) is 1. The van der Waals surface area contributed by atoms with E-state index in [0.29, 0.717) is 6.10 Å². The largest absolute Gasteiger partial charge is 0.381 e. The van der Waals surface area contributed by atoms with Crippen LogP contribution in [0.25, 0.3) is 0 Å². The molecular weight excluding hydrogens is 190 g/mol. The lowest BCUT2D eigenvalue weighted by Crippen LogP contribution is -2.43. The maximum absolute atomic E-state index is 5.68. The topological polar surface area (TPSA) is 30.5 Å². The van der Waals surface area contributed by atoms with E-state index >= 15 is 0 Å². The first-order valence-electron chi connectivity index (χ1n) is 6.15. The van der Waals surface area contributed by atoms with Crippen LogP contribution >= 0.6 is 0 Å². The fraction of sp³-hybridized carbons (Fsp3) is 1.00. The van der Waals surface area contributed by atoms with Gasteiger partial charge < -0.3 is 14.8 Å². The summed E-state index contributed by atoms with van der Waals surface area (Å²) in [7, 11) is 0. The van der Waals surface area contributed by atoms with Gasteiger partial charge in [0.1, 0.15) is 0 Å². The van der Waals surface area contributed by atoms with Crippen LogP contribution in [0.2, 0.25) is 0 Å². The summed E-state index contributed by atoms with van der Waals surface area (Å²) in [5.74, 6) is 0. The lowest BCUT2D eigenvalue weighted by atomic mass is 9.82. The zero-order valence-electron chi connectivity index (χ0n) is 10.3. The second kappa shape index (κ2) is 6.46. The van der Waals surface area contributed by atoms with Crippen molar-refractivity contribution in [1.82, 2.24) is 5.32 Å². The summed E-state index contributed by atoms with van der Waals surface area (Å²) in [6.07, 6.45) is 2.61. The van der Waals surface area contributed by atoms with Crippen molar-refractivity contribution in [1.29, 1.82) is 0 Å². The van der Waals surface area contributed by atoms with Crippen LogP contribution in [0.5, 0.6) is 0 Å². The average molecular weight is 215 g/mol. The molecule has 0 bridgehead atoms. The van der Waals surface area contributed by atoms with E-state index < -0.39 is 0 Å². The fourth-order valence-corrected chi connectivity index (χ4v) is 2.11. The van der Waals surface area contributed by atoms with Crippen LogP contribution in [0, 0.1) is 5.41 Å². The normalized spacial score (nSPS) is 31.0. The molecule has 1 saturated heterocycles. The Balaban J connectivity index is 2.44. The maximum atomic E-state index is 5.68. The second-order valence-corrected chi connectivity index (χ2v) is 4.44. The Labute approximate surface area is 93.5 Å². The van der Waals surface area contributed by atoms with Crippen molar-refractivity contribution in [2.45, 2.75) is 39.7 Å². The molecule has 0 aromatic carbocycles. The van der Waals surface area contributed by atoms with Crippen molar-refractivity contribution < 1.29 is 9.47 Å². The molecule has 2 unspecified atom stereocenters. The Morgan fingerprint density at radius 1 is 1.47 bits per heavy atom. The van der Waals surface area contributed by atoms with Gasteiger partial charge in [-0.3, -0.25) is 0 Å². The Kier molecular flexibility index (Phi) is 5.58. The van der Waals surface area contributed by atoms with Crippen molar-refractivity contribution in [2.24, 2.45) is 5.41 Å². The molecule has 3 nitrogen and oxygen atoms in total. The van der Waals surface area contributed by atoms with E-state index in [-0.39, 0.29) is 5.41 Å². The zero-order chi connectivity index (χ0) is 11.1. The molecule has 1 aliphatic rings. The molecule has 0 aromatic rings. The Morgan fingerprint density at radius 2 is 2.27 bits per heavy atom. The minimum Gasteiger partial charge on any atom is -0.381 e. The molecule has 1 aliphatic heterocycles. The van der Waals surface area contributed by atoms with Crippen molar-refractivity contribution in [3.05, 3.63) is 0 Å². The first-order chi connectivity index (χ1) is 7.25. The van der Waals surface area contributed by atoms with Crippen LogP contribution in [0.1, 0.15) is 33.6 Å². The molecule has 2 atom stereocenters. The molecule has 1 fully saturated rings. The number of rotatable bonds is 7. The standard InChI is InChI=1S/C12H25NO2/c1-4-7-13-9-12(10-14-5-2)6-8-15-11(12)3/h11,13H,4-10H2,1-3H3. The predicted molar refractivity (Wildman–Crippen MR) is 62.1 cm³/mol. The summed E-state index contributed by atoms with van der Waals surface area (Å²) in [6, 6.07) is 0. The highest BCUT2D eigenvalue weighted by atomic mass is 16.5. The summed E-state index contributed by atoms with van der Waals surface area (Å²) < 4.78 is 11.3. The lowest BCUT2D eigenvalue weighted by molar-refractivity contribution is -0.00240. The van der Waals surface area contributed by atoms with Crippen molar-refractivity contribution in [2.75, 3.05) is 32.9 Å². The van der Waals surface area contributed by atoms with E-state index in [0.717, 1.165) is 39.3 Å². The molecule has 1 rings (SSSR count). The van der Waals surface area contributed by atoms with Crippen molar-refractivity contribution in [3.63, 3.8) is 0 Å². The Morgan fingerprint density at radius 3 is 2.80 bits per heavy atom. The monoisotopic (exact) mass is 215 g/mol. The third kappa shape index (κ3) is 3.44. The van der Waals surface area contributed by atoms with E-state index in [2.05, 4.69) is 19.2 Å². The van der Waals surface area contributed by atoms with Crippen molar-refractivity contribution in [3.8, 4) is 0 Å². The summed E-state index contributed by atoms with van der Waals surface area (Å²) in [6.45, 7) is 11.0. The molecule has 3 heteroatoms. The van der Waals surface area contributed by atoms with Gasteiger partial charge in [-0.2, -0.15) is 0 Å². The van der Waals surface area contributed by atoms with E-state index in [4.69, 9.17) is 9.47 Å². The predicted octanol–water partition coefficient (Wildman–Crippen LogP) is 1.82. The molecule has 1 N–H and O–H groups in total. The molecule has 0 spiro atoms. The van der Waals surface area contributed by atoms with Crippen LogP contribution in [0.15, 0.2) is 0 Å². The van der Waals surface area contributed by atoms with E-state index in [9.17, 15) is 0 Å². The third-order valence-electron chi connectivity index (χ3n) is 3.33. The molecule has 1 heterocycles. The fourth-order valence-electron chi connectivity index (χ4n) is 2.11. The summed E-state index contributed by atoms with van der Waals surface area (Å²) >= 11 is 0. The number of ether oxygens (including phenoxy) is 2. The van der Waals surface area contributed by atoms with E-state index in [1.54, 1.807) is 0 Å². The van der Waals surface area contributed by atoms with Gasteiger partial charge in [0.25, 0.3) is 0 Å². The molecule has 0 aliphatic carbocycles. The van der Waals surface area contributed by atoms with Gasteiger partial charge in [0.15, 0.2) is 0 Å². The maximum Gasteiger partial charge on any atom is 0.0638 e.